The standard InChI is InChI=1S/C9H12N3O5P/c13-8(14)7-5-12-6(2-4-18(15,16)17)1-3-10-9(12)11-7/h2,4-6H,1,3H2,(H,10,11)(H,13,14)(H2,15,16,17)/b4-2+. The molecule has 9 heteroatoms. The SMILES string of the molecule is O=C(O)c1cn2c(n1)NCCC2/C=C/P(=O)(O)O. The van der Waals surface area contributed by atoms with Crippen LogP contribution in [0, 0.1) is 0 Å². The van der Waals surface area contributed by atoms with Gasteiger partial charge in [-0.1, -0.05) is 6.08 Å². The van der Waals surface area contributed by atoms with E-state index in [4.69, 9.17) is 14.9 Å². The molecule has 1 aliphatic heterocycles. The van der Waals surface area contributed by atoms with Crippen molar-refractivity contribution in [3.8, 4) is 0 Å². The van der Waals surface area contributed by atoms with Gasteiger partial charge in [0, 0.05) is 18.6 Å². The van der Waals surface area contributed by atoms with Crippen molar-refractivity contribution in [1.82, 2.24) is 9.55 Å². The Kier molecular flexibility index (Phi) is 3.25. The van der Waals surface area contributed by atoms with E-state index in [-0.39, 0.29) is 11.7 Å². The molecule has 0 amide bonds. The van der Waals surface area contributed by atoms with E-state index in [9.17, 15) is 9.36 Å². The second kappa shape index (κ2) is 4.56. The van der Waals surface area contributed by atoms with Crippen LogP contribution in [-0.2, 0) is 4.57 Å². The fourth-order valence-corrected chi connectivity index (χ4v) is 2.17. The number of carboxylic acid groups (broad SMARTS) is 1. The first-order valence-electron chi connectivity index (χ1n) is 5.17. The van der Waals surface area contributed by atoms with Crippen molar-refractivity contribution in [2.45, 2.75) is 12.5 Å². The zero-order valence-corrected chi connectivity index (χ0v) is 10.1. The van der Waals surface area contributed by atoms with E-state index >= 15 is 0 Å². The van der Waals surface area contributed by atoms with Crippen LogP contribution in [0.3, 0.4) is 0 Å². The molecular formula is C9H12N3O5P. The van der Waals surface area contributed by atoms with Gasteiger partial charge in [-0.05, 0) is 6.42 Å². The van der Waals surface area contributed by atoms with Crippen LogP contribution in [-0.4, -0.2) is 37.0 Å². The van der Waals surface area contributed by atoms with Gasteiger partial charge in [-0.3, -0.25) is 4.57 Å². The zero-order valence-electron chi connectivity index (χ0n) is 9.22. The highest BCUT2D eigenvalue weighted by Crippen LogP contribution is 2.38. The number of hydrogen-bond donors (Lipinski definition) is 4. The summed E-state index contributed by atoms with van der Waals surface area (Å²) in [5.41, 5.74) is -0.103. The average molecular weight is 273 g/mol. The van der Waals surface area contributed by atoms with Crippen LogP contribution in [0.15, 0.2) is 18.1 Å². The minimum atomic E-state index is -4.21. The number of anilines is 1. The number of imidazole rings is 1. The molecule has 98 valence electrons. The smallest absolute Gasteiger partial charge is 0.356 e. The van der Waals surface area contributed by atoms with Crippen molar-refractivity contribution in [3.05, 3.63) is 23.8 Å². The molecule has 18 heavy (non-hydrogen) atoms. The summed E-state index contributed by atoms with van der Waals surface area (Å²) in [4.78, 5) is 32.2. The molecule has 0 aliphatic carbocycles. The number of fused-ring (bicyclic) bond motifs is 1. The van der Waals surface area contributed by atoms with Crippen LogP contribution in [0.5, 0.6) is 0 Å². The lowest BCUT2D eigenvalue weighted by Crippen LogP contribution is -2.21. The van der Waals surface area contributed by atoms with Crippen molar-refractivity contribution in [2.75, 3.05) is 11.9 Å². The number of aromatic carboxylic acids is 1. The second-order valence-electron chi connectivity index (χ2n) is 3.88. The monoisotopic (exact) mass is 273 g/mol. The van der Waals surface area contributed by atoms with E-state index in [2.05, 4.69) is 10.3 Å². The molecule has 0 radical (unpaired) electrons. The Morgan fingerprint density at radius 2 is 2.33 bits per heavy atom. The first-order chi connectivity index (χ1) is 8.37. The number of aromatic nitrogens is 2. The number of hydrogen-bond acceptors (Lipinski definition) is 4. The summed E-state index contributed by atoms with van der Waals surface area (Å²) in [6.45, 7) is 0.562. The van der Waals surface area contributed by atoms with Gasteiger partial charge in [0.1, 0.15) is 0 Å². The van der Waals surface area contributed by atoms with Crippen LogP contribution in [0.2, 0.25) is 0 Å². The van der Waals surface area contributed by atoms with E-state index in [1.807, 2.05) is 0 Å². The number of allylic oxidation sites excluding steroid dienone is 1. The Hall–Kier alpha value is -1.63. The largest absolute Gasteiger partial charge is 0.476 e. The Morgan fingerprint density at radius 3 is 2.94 bits per heavy atom. The summed E-state index contributed by atoms with van der Waals surface area (Å²) < 4.78 is 12.3. The van der Waals surface area contributed by atoms with Crippen molar-refractivity contribution in [1.29, 1.82) is 0 Å². The molecule has 1 aromatic rings. The molecule has 4 N–H and O–H groups in total. The van der Waals surface area contributed by atoms with Crippen molar-refractivity contribution >= 4 is 19.5 Å². The van der Waals surface area contributed by atoms with Gasteiger partial charge in [0.05, 0.1) is 6.04 Å². The normalized spacial score (nSPS) is 19.6. The molecule has 0 saturated carbocycles. The first kappa shape index (κ1) is 12.8. The van der Waals surface area contributed by atoms with E-state index < -0.39 is 13.6 Å². The Bertz CT molecular complexity index is 546. The molecule has 0 fully saturated rings. The maximum Gasteiger partial charge on any atom is 0.356 e. The van der Waals surface area contributed by atoms with Crippen LogP contribution in [0.25, 0.3) is 0 Å². The molecule has 2 rings (SSSR count). The minimum Gasteiger partial charge on any atom is -0.476 e. The van der Waals surface area contributed by atoms with Crippen LogP contribution < -0.4 is 5.32 Å². The third-order valence-electron chi connectivity index (χ3n) is 2.53. The van der Waals surface area contributed by atoms with Gasteiger partial charge in [-0.25, -0.2) is 9.78 Å². The molecule has 0 aromatic carbocycles. The van der Waals surface area contributed by atoms with Crippen LogP contribution in [0.4, 0.5) is 5.95 Å². The molecule has 1 aliphatic rings. The van der Waals surface area contributed by atoms with Crippen molar-refractivity contribution < 1.29 is 24.3 Å². The topological polar surface area (TPSA) is 125 Å². The van der Waals surface area contributed by atoms with Crippen LogP contribution >= 0.6 is 7.60 Å². The summed E-state index contributed by atoms with van der Waals surface area (Å²) >= 11 is 0. The molecule has 1 atom stereocenters. The van der Waals surface area contributed by atoms with Gasteiger partial charge < -0.3 is 24.8 Å². The molecule has 1 aromatic heterocycles. The van der Waals surface area contributed by atoms with E-state index in [1.165, 1.54) is 12.3 Å². The lowest BCUT2D eigenvalue weighted by atomic mass is 10.2. The zero-order chi connectivity index (χ0) is 13.3. The third-order valence-corrected chi connectivity index (χ3v) is 3.09. The minimum absolute atomic E-state index is 0.103. The van der Waals surface area contributed by atoms with E-state index in [0.717, 1.165) is 5.82 Å². The highest BCUT2D eigenvalue weighted by Gasteiger charge is 2.22. The number of nitrogens with zero attached hydrogens (tertiary/aromatic N) is 2. The van der Waals surface area contributed by atoms with Gasteiger partial charge in [0.15, 0.2) is 5.69 Å². The molecule has 0 spiro atoms. The van der Waals surface area contributed by atoms with Gasteiger partial charge in [0.2, 0.25) is 5.95 Å². The highest BCUT2D eigenvalue weighted by molar-refractivity contribution is 7.55. The lowest BCUT2D eigenvalue weighted by molar-refractivity contribution is 0.0691. The summed E-state index contributed by atoms with van der Waals surface area (Å²) in [6, 6.07) is -0.311. The lowest BCUT2D eigenvalue weighted by Gasteiger charge is -2.23. The Labute approximate surface area is 102 Å². The fraction of sp³-hybridized carbons (Fsp3) is 0.333. The highest BCUT2D eigenvalue weighted by atomic mass is 31.2. The van der Waals surface area contributed by atoms with E-state index in [0.29, 0.717) is 18.9 Å². The fourth-order valence-electron chi connectivity index (χ4n) is 1.75. The van der Waals surface area contributed by atoms with Gasteiger partial charge in [-0.15, -0.1) is 0 Å². The molecule has 0 saturated heterocycles. The Morgan fingerprint density at radius 1 is 1.61 bits per heavy atom. The average Bonchev–Trinajstić information content (AvgIpc) is 2.69. The number of rotatable bonds is 3. The number of nitrogens with one attached hydrogen (secondary N) is 1. The maximum absolute atomic E-state index is 10.8. The molecule has 8 nitrogen and oxygen atoms in total. The van der Waals surface area contributed by atoms with Crippen molar-refractivity contribution in [3.63, 3.8) is 0 Å². The second-order valence-corrected chi connectivity index (χ2v) is 5.35. The van der Waals surface area contributed by atoms with Crippen LogP contribution in [0.1, 0.15) is 23.0 Å². The van der Waals surface area contributed by atoms with Gasteiger partial charge in [-0.2, -0.15) is 0 Å². The van der Waals surface area contributed by atoms with E-state index in [1.54, 1.807) is 4.57 Å². The molecular weight excluding hydrogens is 261 g/mol. The molecule has 1 unspecified atom stereocenters. The number of carbonyl (C=O) groups is 1. The van der Waals surface area contributed by atoms with Crippen molar-refractivity contribution in [2.24, 2.45) is 0 Å². The first-order valence-corrected chi connectivity index (χ1v) is 6.85. The summed E-state index contributed by atoms with van der Waals surface area (Å²) in [7, 11) is -4.21. The molecule has 2 heterocycles. The predicted molar refractivity (Wildman–Crippen MR) is 62.5 cm³/mol. The summed E-state index contributed by atoms with van der Waals surface area (Å²) in [5.74, 6) is 0.0724. The molecule has 0 bridgehead atoms. The van der Waals surface area contributed by atoms with Gasteiger partial charge >= 0.3 is 13.6 Å². The quantitative estimate of drug-likeness (QED) is 0.595. The predicted octanol–water partition coefficient (Wildman–Crippen LogP) is 0.629. The summed E-state index contributed by atoms with van der Waals surface area (Å²) in [6.07, 6.45) is 3.32. The number of carboxylic acids is 1. The Balaban J connectivity index is 2.30. The van der Waals surface area contributed by atoms with Gasteiger partial charge in [0.25, 0.3) is 0 Å². The summed E-state index contributed by atoms with van der Waals surface area (Å²) in [5, 5.41) is 11.8. The third kappa shape index (κ3) is 2.79. The maximum atomic E-state index is 10.8.